The lowest BCUT2D eigenvalue weighted by Crippen LogP contribution is -2.41. The van der Waals surface area contributed by atoms with Gasteiger partial charge in [-0.1, -0.05) is 27.7 Å². The molecule has 0 spiro atoms. The highest BCUT2D eigenvalue weighted by atomic mass is 28.4. The average molecular weight is 246 g/mol. The largest absolute Gasteiger partial charge is 0.469 e. The summed E-state index contributed by atoms with van der Waals surface area (Å²) in [5.74, 6) is 0.0629. The highest BCUT2D eigenvalue weighted by Crippen LogP contribution is 2.36. The normalized spacial score (nSPS) is 14.7. The molecule has 16 heavy (non-hydrogen) atoms. The first-order chi connectivity index (χ1) is 7.10. The van der Waals surface area contributed by atoms with Crippen LogP contribution in [0.15, 0.2) is 0 Å². The Hall–Kier alpha value is -0.353. The van der Waals surface area contributed by atoms with E-state index >= 15 is 0 Å². The van der Waals surface area contributed by atoms with Gasteiger partial charge < -0.3 is 9.16 Å². The molecule has 0 radical (unpaired) electrons. The molecule has 0 unspecified atom stereocenters. The van der Waals surface area contributed by atoms with Gasteiger partial charge in [-0.2, -0.15) is 0 Å². The molecule has 0 aliphatic heterocycles. The molecule has 1 atom stereocenters. The Balaban J connectivity index is 4.10. The summed E-state index contributed by atoms with van der Waals surface area (Å²) < 4.78 is 10.7. The summed E-state index contributed by atoms with van der Waals surface area (Å²) in [6.07, 6.45) is 0.436. The lowest BCUT2D eigenvalue weighted by Gasteiger charge is -2.36. The van der Waals surface area contributed by atoms with Crippen LogP contribution in [0.2, 0.25) is 18.1 Å². The zero-order valence-electron chi connectivity index (χ0n) is 11.7. The number of methoxy groups -OCH3 is 1. The van der Waals surface area contributed by atoms with E-state index in [1.165, 1.54) is 7.11 Å². The molecule has 0 fully saturated rings. The van der Waals surface area contributed by atoms with E-state index in [0.717, 1.165) is 0 Å². The van der Waals surface area contributed by atoms with Crippen LogP contribution in [0.3, 0.4) is 0 Å². The van der Waals surface area contributed by atoms with E-state index in [2.05, 4.69) is 38.6 Å². The Kier molecular flexibility index (Phi) is 5.69. The molecule has 3 nitrogen and oxygen atoms in total. The first-order valence-electron chi connectivity index (χ1n) is 5.81. The average Bonchev–Trinajstić information content (AvgIpc) is 2.13. The summed E-state index contributed by atoms with van der Waals surface area (Å²) >= 11 is 0. The van der Waals surface area contributed by atoms with Crippen molar-refractivity contribution in [3.63, 3.8) is 0 Å². The van der Waals surface area contributed by atoms with Crippen LogP contribution < -0.4 is 0 Å². The van der Waals surface area contributed by atoms with Gasteiger partial charge in [0.1, 0.15) is 0 Å². The van der Waals surface area contributed by atoms with E-state index in [1.54, 1.807) is 0 Å². The molecule has 0 aromatic rings. The van der Waals surface area contributed by atoms with Crippen LogP contribution in [0.1, 0.15) is 34.1 Å². The van der Waals surface area contributed by atoms with Gasteiger partial charge in [0, 0.05) is 6.61 Å². The Labute approximate surface area is 101 Å². The maximum atomic E-state index is 11.1. The third kappa shape index (κ3) is 5.12. The van der Waals surface area contributed by atoms with Gasteiger partial charge in [0.15, 0.2) is 8.32 Å². The number of ether oxygens (including phenoxy) is 1. The minimum atomic E-state index is -1.68. The number of rotatable bonds is 5. The summed E-state index contributed by atoms with van der Waals surface area (Å²) in [6.45, 7) is 13.7. The minimum absolute atomic E-state index is 0.161. The van der Waals surface area contributed by atoms with Crippen LogP contribution in [0, 0.1) is 5.92 Å². The fourth-order valence-electron chi connectivity index (χ4n) is 0.994. The summed E-state index contributed by atoms with van der Waals surface area (Å²) in [6, 6.07) is 0. The Morgan fingerprint density at radius 2 is 1.81 bits per heavy atom. The highest BCUT2D eigenvalue weighted by molar-refractivity contribution is 6.74. The van der Waals surface area contributed by atoms with Crippen molar-refractivity contribution in [2.24, 2.45) is 5.92 Å². The highest BCUT2D eigenvalue weighted by Gasteiger charge is 2.37. The first-order valence-corrected chi connectivity index (χ1v) is 8.71. The smallest absolute Gasteiger partial charge is 0.305 e. The molecule has 0 N–H and O–H groups in total. The van der Waals surface area contributed by atoms with E-state index < -0.39 is 8.32 Å². The zero-order chi connectivity index (χ0) is 13.0. The minimum Gasteiger partial charge on any atom is -0.469 e. The standard InChI is InChI=1S/C12H26O3Si/c1-10(8-11(13)14-5)9-15-16(6,7)12(2,3)4/h10H,8-9H2,1-7H3/t10-/m1/s1. The Morgan fingerprint density at radius 3 is 2.19 bits per heavy atom. The molecular weight excluding hydrogens is 220 g/mol. The summed E-state index contributed by atoms with van der Waals surface area (Å²) in [5, 5.41) is 0.220. The van der Waals surface area contributed by atoms with Crippen molar-refractivity contribution in [3.8, 4) is 0 Å². The Morgan fingerprint density at radius 1 is 1.31 bits per heavy atom. The monoisotopic (exact) mass is 246 g/mol. The van der Waals surface area contributed by atoms with Crippen molar-refractivity contribution >= 4 is 14.3 Å². The SMILES string of the molecule is COC(=O)C[C@@H](C)CO[Si](C)(C)C(C)(C)C. The van der Waals surface area contributed by atoms with Gasteiger partial charge in [-0.3, -0.25) is 4.79 Å². The molecule has 0 saturated heterocycles. The van der Waals surface area contributed by atoms with Crippen molar-refractivity contribution < 1.29 is 14.0 Å². The predicted octanol–water partition coefficient (Wildman–Crippen LogP) is 3.21. The lowest BCUT2D eigenvalue weighted by atomic mass is 10.1. The van der Waals surface area contributed by atoms with Crippen LogP contribution in [0.25, 0.3) is 0 Å². The number of hydrogen-bond acceptors (Lipinski definition) is 3. The lowest BCUT2D eigenvalue weighted by molar-refractivity contribution is -0.141. The number of esters is 1. The Bertz CT molecular complexity index is 231. The van der Waals surface area contributed by atoms with Crippen molar-refractivity contribution in [1.82, 2.24) is 0 Å². The third-order valence-electron chi connectivity index (χ3n) is 3.28. The van der Waals surface area contributed by atoms with Crippen LogP contribution >= 0.6 is 0 Å². The van der Waals surface area contributed by atoms with E-state index in [1.807, 2.05) is 6.92 Å². The van der Waals surface area contributed by atoms with Crippen LogP contribution in [0.4, 0.5) is 0 Å². The second kappa shape index (κ2) is 5.82. The molecule has 0 rings (SSSR count). The quantitative estimate of drug-likeness (QED) is 0.552. The molecule has 0 aliphatic carbocycles. The van der Waals surface area contributed by atoms with Gasteiger partial charge in [-0.25, -0.2) is 0 Å². The third-order valence-corrected chi connectivity index (χ3v) is 7.78. The zero-order valence-corrected chi connectivity index (χ0v) is 12.7. The van der Waals surface area contributed by atoms with Gasteiger partial charge in [-0.05, 0) is 24.1 Å². The fraction of sp³-hybridized carbons (Fsp3) is 0.917. The summed E-state index contributed by atoms with van der Waals surface area (Å²) in [7, 11) is -0.261. The van der Waals surface area contributed by atoms with Crippen LogP contribution in [-0.2, 0) is 14.0 Å². The molecule has 0 bridgehead atoms. The van der Waals surface area contributed by atoms with E-state index in [4.69, 9.17) is 4.43 Å². The number of carbonyl (C=O) groups is 1. The molecule has 4 heteroatoms. The van der Waals surface area contributed by atoms with Gasteiger partial charge in [-0.15, -0.1) is 0 Å². The van der Waals surface area contributed by atoms with Gasteiger partial charge in [0.25, 0.3) is 0 Å². The number of carbonyl (C=O) groups excluding carboxylic acids is 1. The molecular formula is C12H26O3Si. The summed E-state index contributed by atoms with van der Waals surface area (Å²) in [4.78, 5) is 11.1. The first kappa shape index (κ1) is 15.6. The molecule has 0 amide bonds. The van der Waals surface area contributed by atoms with Crippen molar-refractivity contribution in [3.05, 3.63) is 0 Å². The van der Waals surface area contributed by atoms with Crippen molar-refractivity contribution in [1.29, 1.82) is 0 Å². The van der Waals surface area contributed by atoms with Crippen molar-refractivity contribution in [2.45, 2.75) is 52.2 Å². The van der Waals surface area contributed by atoms with Crippen molar-refractivity contribution in [2.75, 3.05) is 13.7 Å². The molecule has 0 aromatic heterocycles. The maximum Gasteiger partial charge on any atom is 0.305 e. The molecule has 0 aromatic carbocycles. The topological polar surface area (TPSA) is 35.5 Å². The van der Waals surface area contributed by atoms with E-state index in [9.17, 15) is 4.79 Å². The predicted molar refractivity (Wildman–Crippen MR) is 68.9 cm³/mol. The maximum absolute atomic E-state index is 11.1. The van der Waals surface area contributed by atoms with Gasteiger partial charge in [0.2, 0.25) is 0 Å². The summed E-state index contributed by atoms with van der Waals surface area (Å²) in [5.41, 5.74) is 0. The molecule has 96 valence electrons. The van der Waals surface area contributed by atoms with E-state index in [0.29, 0.717) is 13.0 Å². The van der Waals surface area contributed by atoms with Crippen LogP contribution in [0.5, 0.6) is 0 Å². The van der Waals surface area contributed by atoms with Crippen LogP contribution in [-0.4, -0.2) is 28.0 Å². The second-order valence-corrected chi connectivity index (χ2v) is 10.8. The molecule has 0 heterocycles. The van der Waals surface area contributed by atoms with E-state index in [-0.39, 0.29) is 16.9 Å². The second-order valence-electron chi connectivity index (χ2n) is 5.96. The molecule has 0 saturated carbocycles. The van der Waals surface area contributed by atoms with Gasteiger partial charge in [0.05, 0.1) is 13.5 Å². The number of hydrogen-bond donors (Lipinski definition) is 0. The fourth-order valence-corrected chi connectivity index (χ4v) is 2.13. The van der Waals surface area contributed by atoms with Gasteiger partial charge >= 0.3 is 5.97 Å². The molecule has 0 aliphatic rings.